The lowest BCUT2D eigenvalue weighted by molar-refractivity contribution is -0.118. The lowest BCUT2D eigenvalue weighted by Gasteiger charge is -2.06. The summed E-state index contributed by atoms with van der Waals surface area (Å²) in [5, 5.41) is 2.87. The summed E-state index contributed by atoms with van der Waals surface area (Å²) in [6, 6.07) is 0. The lowest BCUT2D eigenvalue weighted by atomic mass is 10.1. The Balaban J connectivity index is 3.94. The maximum absolute atomic E-state index is 10.8. The van der Waals surface area contributed by atoms with Crippen molar-refractivity contribution in [3.8, 4) is 0 Å². The van der Waals surface area contributed by atoms with Gasteiger partial charge in [-0.05, 0) is 19.3 Å². The highest BCUT2D eigenvalue weighted by Gasteiger charge is 1.97. The van der Waals surface area contributed by atoms with E-state index in [0.717, 1.165) is 31.4 Å². The summed E-state index contributed by atoms with van der Waals surface area (Å²) in [5.41, 5.74) is 1.09. The van der Waals surface area contributed by atoms with Gasteiger partial charge in [0.15, 0.2) is 0 Å². The zero-order valence-corrected chi connectivity index (χ0v) is 9.02. The molecule has 0 aliphatic carbocycles. The minimum Gasteiger partial charge on any atom is -0.330 e. The molecule has 0 aromatic heterocycles. The Morgan fingerprint density at radius 1 is 1.31 bits per heavy atom. The molecule has 0 heterocycles. The SMILES string of the molecule is CCC/C=C(\CCCC)NC(C)=O. The molecule has 76 valence electrons. The molecule has 0 aromatic carbocycles. The molecule has 0 radical (unpaired) electrons. The van der Waals surface area contributed by atoms with E-state index < -0.39 is 0 Å². The van der Waals surface area contributed by atoms with E-state index >= 15 is 0 Å². The van der Waals surface area contributed by atoms with E-state index in [1.54, 1.807) is 6.92 Å². The zero-order chi connectivity index (χ0) is 10.1. The van der Waals surface area contributed by atoms with Crippen LogP contribution in [0, 0.1) is 0 Å². The number of hydrogen-bond acceptors (Lipinski definition) is 1. The average Bonchev–Trinajstić information content (AvgIpc) is 2.09. The normalized spacial score (nSPS) is 11.5. The molecular weight excluding hydrogens is 162 g/mol. The first-order chi connectivity index (χ1) is 6.20. The van der Waals surface area contributed by atoms with Crippen LogP contribution in [-0.2, 0) is 4.79 Å². The molecule has 2 nitrogen and oxygen atoms in total. The molecule has 1 N–H and O–H groups in total. The van der Waals surface area contributed by atoms with Crippen molar-refractivity contribution >= 4 is 5.91 Å². The Morgan fingerprint density at radius 2 is 2.00 bits per heavy atom. The molecule has 0 unspecified atom stereocenters. The van der Waals surface area contributed by atoms with Gasteiger partial charge in [0.05, 0.1) is 0 Å². The number of nitrogens with one attached hydrogen (secondary N) is 1. The molecule has 0 aliphatic heterocycles. The van der Waals surface area contributed by atoms with Gasteiger partial charge in [0.25, 0.3) is 0 Å². The minimum absolute atomic E-state index is 0.0402. The quantitative estimate of drug-likeness (QED) is 0.674. The van der Waals surface area contributed by atoms with Gasteiger partial charge in [0.1, 0.15) is 0 Å². The first-order valence-corrected chi connectivity index (χ1v) is 5.17. The van der Waals surface area contributed by atoms with Gasteiger partial charge in [-0.1, -0.05) is 32.8 Å². The van der Waals surface area contributed by atoms with Crippen molar-refractivity contribution in [2.45, 2.75) is 52.9 Å². The second-order valence-electron chi connectivity index (χ2n) is 3.30. The van der Waals surface area contributed by atoms with Crippen LogP contribution in [0.2, 0.25) is 0 Å². The second kappa shape index (κ2) is 7.84. The van der Waals surface area contributed by atoms with Crippen LogP contribution in [0.15, 0.2) is 11.8 Å². The van der Waals surface area contributed by atoms with Gasteiger partial charge < -0.3 is 5.32 Å². The Kier molecular flexibility index (Phi) is 7.36. The third-order valence-electron chi connectivity index (χ3n) is 1.82. The number of allylic oxidation sites excluding steroid dienone is 2. The molecule has 0 aliphatic rings. The van der Waals surface area contributed by atoms with E-state index in [2.05, 4.69) is 25.2 Å². The van der Waals surface area contributed by atoms with Crippen molar-refractivity contribution in [1.29, 1.82) is 0 Å². The van der Waals surface area contributed by atoms with Crippen molar-refractivity contribution in [2.75, 3.05) is 0 Å². The minimum atomic E-state index is 0.0402. The Bertz CT molecular complexity index is 173. The summed E-state index contributed by atoms with van der Waals surface area (Å²) in [6.07, 6.45) is 7.64. The average molecular weight is 183 g/mol. The summed E-state index contributed by atoms with van der Waals surface area (Å²) in [6.45, 7) is 5.86. The largest absolute Gasteiger partial charge is 0.330 e. The molecule has 0 fully saturated rings. The van der Waals surface area contributed by atoms with Crippen molar-refractivity contribution in [2.24, 2.45) is 0 Å². The van der Waals surface area contributed by atoms with Crippen LogP contribution in [0.1, 0.15) is 52.9 Å². The highest BCUT2D eigenvalue weighted by atomic mass is 16.1. The molecule has 2 heteroatoms. The van der Waals surface area contributed by atoms with E-state index in [1.165, 1.54) is 6.42 Å². The third kappa shape index (κ3) is 7.57. The molecule has 1 amide bonds. The number of carbonyl (C=O) groups excluding carboxylic acids is 1. The Labute approximate surface area is 81.4 Å². The fraction of sp³-hybridized carbons (Fsp3) is 0.727. The second-order valence-corrected chi connectivity index (χ2v) is 3.30. The van der Waals surface area contributed by atoms with Crippen LogP contribution in [0.25, 0.3) is 0 Å². The highest BCUT2D eigenvalue weighted by molar-refractivity contribution is 5.74. The number of amides is 1. The van der Waals surface area contributed by atoms with Gasteiger partial charge in [-0.3, -0.25) is 4.79 Å². The Morgan fingerprint density at radius 3 is 2.46 bits per heavy atom. The van der Waals surface area contributed by atoms with Gasteiger partial charge in [-0.2, -0.15) is 0 Å². The first-order valence-electron chi connectivity index (χ1n) is 5.17. The van der Waals surface area contributed by atoms with Gasteiger partial charge in [-0.25, -0.2) is 0 Å². The topological polar surface area (TPSA) is 29.1 Å². The maximum atomic E-state index is 10.8. The van der Waals surface area contributed by atoms with Crippen LogP contribution in [-0.4, -0.2) is 5.91 Å². The fourth-order valence-corrected chi connectivity index (χ4v) is 1.13. The van der Waals surface area contributed by atoms with Crippen molar-refractivity contribution in [1.82, 2.24) is 5.32 Å². The summed E-state index contributed by atoms with van der Waals surface area (Å²) in [7, 11) is 0. The standard InChI is InChI=1S/C11H21NO/c1-4-6-8-11(9-7-5-2)12-10(3)13/h8H,4-7,9H2,1-3H3,(H,12,13)/b11-8+. The summed E-state index contributed by atoms with van der Waals surface area (Å²) >= 11 is 0. The summed E-state index contributed by atoms with van der Waals surface area (Å²) in [4.78, 5) is 10.8. The molecule has 13 heavy (non-hydrogen) atoms. The molecule has 0 bridgehead atoms. The third-order valence-corrected chi connectivity index (χ3v) is 1.82. The predicted molar refractivity (Wildman–Crippen MR) is 56.3 cm³/mol. The first kappa shape index (κ1) is 12.2. The van der Waals surface area contributed by atoms with E-state index in [1.807, 2.05) is 0 Å². The smallest absolute Gasteiger partial charge is 0.220 e. The summed E-state index contributed by atoms with van der Waals surface area (Å²) < 4.78 is 0. The van der Waals surface area contributed by atoms with Crippen LogP contribution in [0.3, 0.4) is 0 Å². The van der Waals surface area contributed by atoms with Crippen LogP contribution in [0.4, 0.5) is 0 Å². The highest BCUT2D eigenvalue weighted by Crippen LogP contribution is 2.06. The van der Waals surface area contributed by atoms with Crippen molar-refractivity contribution in [3.05, 3.63) is 11.8 Å². The monoisotopic (exact) mass is 183 g/mol. The zero-order valence-electron chi connectivity index (χ0n) is 9.02. The van der Waals surface area contributed by atoms with Gasteiger partial charge in [-0.15, -0.1) is 0 Å². The molecular formula is C11H21NO. The fourth-order valence-electron chi connectivity index (χ4n) is 1.13. The molecule has 0 saturated heterocycles. The molecule has 0 spiro atoms. The van der Waals surface area contributed by atoms with Crippen molar-refractivity contribution in [3.63, 3.8) is 0 Å². The Hall–Kier alpha value is -0.790. The molecule has 0 saturated carbocycles. The van der Waals surface area contributed by atoms with Gasteiger partial charge in [0, 0.05) is 12.6 Å². The van der Waals surface area contributed by atoms with E-state index in [-0.39, 0.29) is 5.91 Å². The van der Waals surface area contributed by atoms with Gasteiger partial charge in [0.2, 0.25) is 5.91 Å². The molecule has 0 rings (SSSR count). The van der Waals surface area contributed by atoms with Crippen molar-refractivity contribution < 1.29 is 4.79 Å². The molecule has 0 aromatic rings. The predicted octanol–water partition coefficient (Wildman–Crippen LogP) is 3.00. The van der Waals surface area contributed by atoms with Crippen LogP contribution < -0.4 is 5.32 Å². The van der Waals surface area contributed by atoms with E-state index in [9.17, 15) is 4.79 Å². The molecule has 0 atom stereocenters. The lowest BCUT2D eigenvalue weighted by Crippen LogP contribution is -2.19. The van der Waals surface area contributed by atoms with Crippen LogP contribution >= 0.6 is 0 Å². The van der Waals surface area contributed by atoms with Crippen LogP contribution in [0.5, 0.6) is 0 Å². The maximum Gasteiger partial charge on any atom is 0.220 e. The van der Waals surface area contributed by atoms with E-state index in [4.69, 9.17) is 0 Å². The number of carbonyl (C=O) groups is 1. The summed E-state index contributed by atoms with van der Waals surface area (Å²) in [5.74, 6) is 0.0402. The number of hydrogen-bond donors (Lipinski definition) is 1. The van der Waals surface area contributed by atoms with E-state index in [0.29, 0.717) is 0 Å². The number of rotatable bonds is 6. The van der Waals surface area contributed by atoms with Gasteiger partial charge >= 0.3 is 0 Å². The number of unbranched alkanes of at least 4 members (excludes halogenated alkanes) is 2.